The smallest absolute Gasteiger partial charge is 0.418 e. The first-order valence-corrected chi connectivity index (χ1v) is 11.0. The summed E-state index contributed by atoms with van der Waals surface area (Å²) in [5, 5.41) is 10.8. The van der Waals surface area contributed by atoms with Gasteiger partial charge in [-0.3, -0.25) is 14.6 Å². The van der Waals surface area contributed by atoms with Crippen molar-refractivity contribution < 1.29 is 22.4 Å². The number of aryl methyl sites for hydroxylation is 1. The van der Waals surface area contributed by atoms with Crippen molar-refractivity contribution in [2.24, 2.45) is 0 Å². The fourth-order valence-electron chi connectivity index (χ4n) is 4.00. The van der Waals surface area contributed by atoms with Crippen molar-refractivity contribution in [3.05, 3.63) is 65.5 Å². The molecule has 2 heterocycles. The Bertz CT molecular complexity index is 1140. The fourth-order valence-corrected chi connectivity index (χ4v) is 4.00. The molecule has 1 N–H and O–H groups in total. The van der Waals surface area contributed by atoms with Gasteiger partial charge in [-0.05, 0) is 38.1 Å². The van der Waals surface area contributed by atoms with E-state index in [0.29, 0.717) is 38.0 Å². The molecule has 0 unspecified atom stereocenters. The number of alkyl halides is 3. The number of nitrogens with zero attached hydrogens (tertiary/aromatic N) is 4. The molecule has 1 amide bonds. The molecule has 1 fully saturated rings. The largest absolute Gasteiger partial charge is 0.419 e. The van der Waals surface area contributed by atoms with Crippen LogP contribution in [0.1, 0.15) is 30.0 Å². The molecule has 4 rings (SSSR count). The van der Waals surface area contributed by atoms with Gasteiger partial charge in [-0.2, -0.15) is 13.2 Å². The molecule has 0 radical (unpaired) electrons. The number of hydrogen-bond donors (Lipinski definition) is 1. The van der Waals surface area contributed by atoms with Crippen LogP contribution in [0.25, 0.3) is 11.5 Å². The highest BCUT2D eigenvalue weighted by Crippen LogP contribution is 2.34. The maximum Gasteiger partial charge on any atom is 0.418 e. The molecule has 7 nitrogen and oxygen atoms in total. The Morgan fingerprint density at radius 3 is 2.53 bits per heavy atom. The number of piperazine rings is 1. The van der Waals surface area contributed by atoms with Gasteiger partial charge in [0, 0.05) is 31.7 Å². The van der Waals surface area contributed by atoms with Crippen LogP contribution >= 0.6 is 0 Å². The molecule has 34 heavy (non-hydrogen) atoms. The number of rotatable bonds is 6. The van der Waals surface area contributed by atoms with Crippen molar-refractivity contribution >= 4 is 11.6 Å². The van der Waals surface area contributed by atoms with Crippen LogP contribution in [-0.4, -0.2) is 58.6 Å². The zero-order valence-corrected chi connectivity index (χ0v) is 19.0. The zero-order chi connectivity index (χ0) is 24.3. The number of aromatic nitrogens is 2. The van der Waals surface area contributed by atoms with E-state index >= 15 is 0 Å². The standard InChI is InChI=1S/C24H26F3N5O2/c1-16-6-5-7-18(14-16)23-30-29-22(34-23)17(2)32-12-10-31(11-13-32)15-21(33)28-20-9-4-3-8-19(20)24(25,26)27/h3-9,14,17H,10-13,15H2,1-2H3,(H,28,33)/t17-/m0/s1. The number of amides is 1. The van der Waals surface area contributed by atoms with Crippen LogP contribution in [0.3, 0.4) is 0 Å². The van der Waals surface area contributed by atoms with E-state index in [1.807, 2.05) is 43.0 Å². The normalized spacial score (nSPS) is 16.4. The molecule has 1 aromatic heterocycles. The molecule has 1 aliphatic heterocycles. The summed E-state index contributed by atoms with van der Waals surface area (Å²) in [7, 11) is 0. The van der Waals surface area contributed by atoms with Gasteiger partial charge in [-0.15, -0.1) is 10.2 Å². The monoisotopic (exact) mass is 473 g/mol. The van der Waals surface area contributed by atoms with Gasteiger partial charge in [0.2, 0.25) is 17.7 Å². The number of carbonyl (C=O) groups excluding carboxylic acids is 1. The van der Waals surface area contributed by atoms with E-state index in [1.54, 1.807) is 0 Å². The number of halogens is 3. The van der Waals surface area contributed by atoms with Gasteiger partial charge in [0.15, 0.2) is 0 Å². The molecular weight excluding hydrogens is 447 g/mol. The molecule has 1 aliphatic rings. The predicted molar refractivity (Wildman–Crippen MR) is 121 cm³/mol. The van der Waals surface area contributed by atoms with Gasteiger partial charge in [0.05, 0.1) is 23.8 Å². The van der Waals surface area contributed by atoms with E-state index in [1.165, 1.54) is 18.2 Å². The molecule has 2 aromatic carbocycles. The minimum absolute atomic E-state index is 0.0203. The Balaban J connectivity index is 1.30. The zero-order valence-electron chi connectivity index (χ0n) is 19.0. The van der Waals surface area contributed by atoms with E-state index in [4.69, 9.17) is 4.42 Å². The van der Waals surface area contributed by atoms with E-state index < -0.39 is 17.6 Å². The van der Waals surface area contributed by atoms with Crippen molar-refractivity contribution in [1.29, 1.82) is 0 Å². The molecule has 0 bridgehead atoms. The maximum atomic E-state index is 13.1. The van der Waals surface area contributed by atoms with Crippen molar-refractivity contribution in [2.75, 3.05) is 38.0 Å². The number of hydrogen-bond acceptors (Lipinski definition) is 6. The number of para-hydroxylation sites is 1. The lowest BCUT2D eigenvalue weighted by atomic mass is 10.1. The summed E-state index contributed by atoms with van der Waals surface area (Å²) in [4.78, 5) is 16.5. The van der Waals surface area contributed by atoms with Gasteiger partial charge in [-0.25, -0.2) is 0 Å². The van der Waals surface area contributed by atoms with Crippen LogP contribution in [-0.2, 0) is 11.0 Å². The Hall–Kier alpha value is -3.24. The second-order valence-electron chi connectivity index (χ2n) is 8.39. The Morgan fingerprint density at radius 2 is 1.82 bits per heavy atom. The van der Waals surface area contributed by atoms with Crippen LogP contribution in [0.5, 0.6) is 0 Å². The number of nitrogens with one attached hydrogen (secondary N) is 1. The molecule has 1 atom stereocenters. The third-order valence-corrected chi connectivity index (χ3v) is 5.89. The second kappa shape index (κ2) is 9.94. The highest BCUT2D eigenvalue weighted by atomic mass is 19.4. The number of carbonyl (C=O) groups is 1. The van der Waals surface area contributed by atoms with E-state index in [-0.39, 0.29) is 18.3 Å². The molecule has 1 saturated heterocycles. The van der Waals surface area contributed by atoms with Crippen LogP contribution < -0.4 is 5.32 Å². The molecule has 0 saturated carbocycles. The van der Waals surface area contributed by atoms with Gasteiger partial charge in [0.1, 0.15) is 0 Å². The summed E-state index contributed by atoms with van der Waals surface area (Å²) in [5.41, 5.74) is 0.890. The van der Waals surface area contributed by atoms with E-state index in [9.17, 15) is 18.0 Å². The topological polar surface area (TPSA) is 74.5 Å². The van der Waals surface area contributed by atoms with Crippen molar-refractivity contribution in [3.63, 3.8) is 0 Å². The lowest BCUT2D eigenvalue weighted by Gasteiger charge is -2.36. The molecule has 3 aromatic rings. The first kappa shape index (κ1) is 23.9. The maximum absolute atomic E-state index is 13.1. The van der Waals surface area contributed by atoms with E-state index in [0.717, 1.165) is 17.2 Å². The molecular formula is C24H26F3N5O2. The van der Waals surface area contributed by atoms with E-state index in [2.05, 4.69) is 20.4 Å². The minimum atomic E-state index is -4.53. The van der Waals surface area contributed by atoms with Gasteiger partial charge < -0.3 is 9.73 Å². The quantitative estimate of drug-likeness (QED) is 0.573. The summed E-state index contributed by atoms with van der Waals surface area (Å²) >= 11 is 0. The Kier molecular flexibility index (Phi) is 6.99. The first-order valence-electron chi connectivity index (χ1n) is 11.0. The van der Waals surface area contributed by atoms with Crippen molar-refractivity contribution in [3.8, 4) is 11.5 Å². The molecule has 0 aliphatic carbocycles. The van der Waals surface area contributed by atoms with Crippen LogP contribution in [0, 0.1) is 6.92 Å². The lowest BCUT2D eigenvalue weighted by Crippen LogP contribution is -2.49. The summed E-state index contributed by atoms with van der Waals surface area (Å²) < 4.78 is 45.3. The highest BCUT2D eigenvalue weighted by molar-refractivity contribution is 5.93. The highest BCUT2D eigenvalue weighted by Gasteiger charge is 2.34. The van der Waals surface area contributed by atoms with Crippen LogP contribution in [0.15, 0.2) is 52.9 Å². The third kappa shape index (κ3) is 5.63. The van der Waals surface area contributed by atoms with Gasteiger partial charge in [-0.1, -0.05) is 29.8 Å². The fraction of sp³-hybridized carbons (Fsp3) is 0.375. The van der Waals surface area contributed by atoms with Crippen LogP contribution in [0.2, 0.25) is 0 Å². The van der Waals surface area contributed by atoms with Crippen molar-refractivity contribution in [2.45, 2.75) is 26.1 Å². The Morgan fingerprint density at radius 1 is 1.09 bits per heavy atom. The summed E-state index contributed by atoms with van der Waals surface area (Å²) in [6.07, 6.45) is -4.53. The average Bonchev–Trinajstić information content (AvgIpc) is 3.29. The lowest BCUT2D eigenvalue weighted by molar-refractivity contribution is -0.137. The number of benzene rings is 2. The summed E-state index contributed by atoms with van der Waals surface area (Å²) in [6.45, 7) is 6.52. The SMILES string of the molecule is Cc1cccc(-c2nnc([C@H](C)N3CCN(CC(=O)Nc4ccccc4C(F)(F)F)CC3)o2)c1. The van der Waals surface area contributed by atoms with Gasteiger partial charge in [0.25, 0.3) is 0 Å². The molecule has 10 heteroatoms. The summed E-state index contributed by atoms with van der Waals surface area (Å²) in [5.74, 6) is 0.518. The second-order valence-corrected chi connectivity index (χ2v) is 8.39. The average molecular weight is 473 g/mol. The Labute approximate surface area is 195 Å². The predicted octanol–water partition coefficient (Wildman–Crippen LogP) is 4.38. The molecule has 180 valence electrons. The third-order valence-electron chi connectivity index (χ3n) is 5.89. The minimum Gasteiger partial charge on any atom is -0.419 e. The van der Waals surface area contributed by atoms with Crippen LogP contribution in [0.4, 0.5) is 18.9 Å². The van der Waals surface area contributed by atoms with Gasteiger partial charge >= 0.3 is 6.18 Å². The molecule has 0 spiro atoms. The number of anilines is 1. The van der Waals surface area contributed by atoms with Crippen molar-refractivity contribution in [1.82, 2.24) is 20.0 Å². The summed E-state index contributed by atoms with van der Waals surface area (Å²) in [6, 6.07) is 12.7. The first-order chi connectivity index (χ1) is 16.2.